The lowest BCUT2D eigenvalue weighted by molar-refractivity contribution is -0.144. The topological polar surface area (TPSA) is 67.9 Å². The maximum Gasteiger partial charge on any atom is 0.308 e. The average molecular weight is 382 g/mol. The van der Waals surface area contributed by atoms with E-state index in [1.54, 1.807) is 4.90 Å². The van der Waals surface area contributed by atoms with Crippen molar-refractivity contribution < 1.29 is 19.1 Å². The Bertz CT molecular complexity index is 835. The summed E-state index contributed by atoms with van der Waals surface area (Å²) in [5.41, 5.74) is 2.56. The summed E-state index contributed by atoms with van der Waals surface area (Å²) in [5, 5.41) is 3.38. The van der Waals surface area contributed by atoms with Crippen molar-refractivity contribution in [2.24, 2.45) is 5.92 Å². The third-order valence-corrected chi connectivity index (χ3v) is 4.93. The molecule has 1 aliphatic rings. The van der Waals surface area contributed by atoms with Crippen molar-refractivity contribution in [3.8, 4) is 5.75 Å². The van der Waals surface area contributed by atoms with Crippen LogP contribution >= 0.6 is 0 Å². The number of fused-ring (bicyclic) bond motifs is 1. The standard InChI is InChI=1S/C22H26N2O4/c1-4-24-20(23-19-8-6-5-7-18(19)21(24)25)14-28-17-11-9-16(10-12-17)13-15(2)22(26)27-3/h5-12,15,20,23H,4,13-14H2,1-3H3. The van der Waals surface area contributed by atoms with Crippen LogP contribution in [-0.4, -0.2) is 43.2 Å². The van der Waals surface area contributed by atoms with E-state index in [4.69, 9.17) is 9.47 Å². The lowest BCUT2D eigenvalue weighted by atomic mass is 10.0. The number of amides is 1. The molecule has 2 aromatic carbocycles. The summed E-state index contributed by atoms with van der Waals surface area (Å²) in [4.78, 5) is 26.0. The average Bonchev–Trinajstić information content (AvgIpc) is 2.72. The number of ether oxygens (including phenoxy) is 2. The lowest BCUT2D eigenvalue weighted by Gasteiger charge is -2.37. The smallest absolute Gasteiger partial charge is 0.308 e. The van der Waals surface area contributed by atoms with Gasteiger partial charge in [0.15, 0.2) is 0 Å². The minimum atomic E-state index is -0.230. The fourth-order valence-corrected chi connectivity index (χ4v) is 3.38. The molecule has 2 atom stereocenters. The number of para-hydroxylation sites is 1. The number of anilines is 1. The van der Waals surface area contributed by atoms with E-state index in [1.807, 2.05) is 62.4 Å². The van der Waals surface area contributed by atoms with Crippen molar-refractivity contribution in [2.45, 2.75) is 26.4 Å². The van der Waals surface area contributed by atoms with E-state index >= 15 is 0 Å². The Hall–Kier alpha value is -3.02. The number of rotatable bonds is 7. The van der Waals surface area contributed by atoms with Crippen molar-refractivity contribution in [1.82, 2.24) is 4.90 Å². The van der Waals surface area contributed by atoms with Gasteiger partial charge in [0.2, 0.25) is 0 Å². The number of nitrogens with zero attached hydrogens (tertiary/aromatic N) is 1. The maximum absolute atomic E-state index is 12.7. The predicted molar refractivity (Wildman–Crippen MR) is 107 cm³/mol. The van der Waals surface area contributed by atoms with E-state index in [1.165, 1.54) is 7.11 Å². The number of benzene rings is 2. The summed E-state index contributed by atoms with van der Waals surface area (Å²) >= 11 is 0. The van der Waals surface area contributed by atoms with Gasteiger partial charge in [-0.2, -0.15) is 0 Å². The molecular formula is C22H26N2O4. The molecule has 0 saturated heterocycles. The first-order valence-corrected chi connectivity index (χ1v) is 9.49. The van der Waals surface area contributed by atoms with Gasteiger partial charge in [0.25, 0.3) is 5.91 Å². The molecule has 0 radical (unpaired) electrons. The van der Waals surface area contributed by atoms with E-state index in [2.05, 4.69) is 5.32 Å². The molecule has 28 heavy (non-hydrogen) atoms. The Morgan fingerprint density at radius 2 is 1.89 bits per heavy atom. The highest BCUT2D eigenvalue weighted by molar-refractivity contribution is 6.01. The van der Waals surface area contributed by atoms with Gasteiger partial charge in [0, 0.05) is 12.2 Å². The molecule has 1 N–H and O–H groups in total. The monoisotopic (exact) mass is 382 g/mol. The minimum Gasteiger partial charge on any atom is -0.489 e. The van der Waals surface area contributed by atoms with Crippen LogP contribution in [-0.2, 0) is 16.0 Å². The molecular weight excluding hydrogens is 356 g/mol. The lowest BCUT2D eigenvalue weighted by Crippen LogP contribution is -2.51. The molecule has 6 heteroatoms. The van der Waals surface area contributed by atoms with E-state index < -0.39 is 0 Å². The van der Waals surface area contributed by atoms with Gasteiger partial charge in [-0.25, -0.2) is 0 Å². The summed E-state index contributed by atoms with van der Waals surface area (Å²) < 4.78 is 10.7. The highest BCUT2D eigenvalue weighted by Gasteiger charge is 2.30. The van der Waals surface area contributed by atoms with Gasteiger partial charge in [0.1, 0.15) is 18.5 Å². The van der Waals surface area contributed by atoms with E-state index in [9.17, 15) is 9.59 Å². The molecule has 1 aliphatic heterocycles. The second-order valence-electron chi connectivity index (χ2n) is 6.88. The number of methoxy groups -OCH3 is 1. The molecule has 0 saturated carbocycles. The van der Waals surface area contributed by atoms with E-state index in [-0.39, 0.29) is 24.0 Å². The molecule has 2 aromatic rings. The number of carbonyl (C=O) groups excluding carboxylic acids is 2. The number of carbonyl (C=O) groups is 2. The van der Waals surface area contributed by atoms with Gasteiger partial charge < -0.3 is 19.7 Å². The van der Waals surface area contributed by atoms with Gasteiger partial charge >= 0.3 is 5.97 Å². The summed E-state index contributed by atoms with van der Waals surface area (Å²) in [6.07, 6.45) is 0.387. The van der Waals surface area contributed by atoms with Crippen LogP contribution in [0.5, 0.6) is 5.75 Å². The number of hydrogen-bond donors (Lipinski definition) is 1. The van der Waals surface area contributed by atoms with Crippen LogP contribution in [0, 0.1) is 5.92 Å². The molecule has 1 heterocycles. The zero-order valence-electron chi connectivity index (χ0n) is 16.5. The largest absolute Gasteiger partial charge is 0.489 e. The van der Waals surface area contributed by atoms with E-state index in [0.717, 1.165) is 17.0 Å². The Morgan fingerprint density at radius 3 is 2.57 bits per heavy atom. The highest BCUT2D eigenvalue weighted by Crippen LogP contribution is 2.25. The first-order valence-electron chi connectivity index (χ1n) is 9.49. The van der Waals surface area contributed by atoms with Crippen molar-refractivity contribution >= 4 is 17.6 Å². The van der Waals surface area contributed by atoms with Crippen LogP contribution in [0.3, 0.4) is 0 Å². The van der Waals surface area contributed by atoms with Crippen LogP contribution in [0.4, 0.5) is 5.69 Å². The van der Waals surface area contributed by atoms with Gasteiger partial charge in [-0.1, -0.05) is 31.2 Å². The molecule has 0 spiro atoms. The molecule has 6 nitrogen and oxygen atoms in total. The third kappa shape index (κ3) is 4.27. The Morgan fingerprint density at radius 1 is 1.18 bits per heavy atom. The van der Waals surface area contributed by atoms with Crippen molar-refractivity contribution in [3.63, 3.8) is 0 Å². The number of esters is 1. The fraction of sp³-hybridized carbons (Fsp3) is 0.364. The molecule has 0 aromatic heterocycles. The number of hydrogen-bond acceptors (Lipinski definition) is 5. The summed E-state index contributed by atoms with van der Waals surface area (Å²) in [5.74, 6) is 0.330. The molecule has 0 bridgehead atoms. The van der Waals surface area contributed by atoms with E-state index in [0.29, 0.717) is 25.1 Å². The molecule has 148 valence electrons. The van der Waals surface area contributed by atoms with Crippen LogP contribution in [0.1, 0.15) is 29.8 Å². The van der Waals surface area contributed by atoms with Crippen LogP contribution < -0.4 is 10.1 Å². The quantitative estimate of drug-likeness (QED) is 0.744. The molecule has 0 fully saturated rings. The molecule has 0 aliphatic carbocycles. The second kappa shape index (κ2) is 8.78. The van der Waals surface area contributed by atoms with Gasteiger partial charge in [-0.05, 0) is 43.2 Å². The zero-order chi connectivity index (χ0) is 20.1. The number of likely N-dealkylation sites (N-methyl/N-ethyl adjacent to an activating group) is 1. The van der Waals surface area contributed by atoms with Crippen LogP contribution in [0.15, 0.2) is 48.5 Å². The zero-order valence-corrected chi connectivity index (χ0v) is 16.5. The Kier molecular flexibility index (Phi) is 6.19. The maximum atomic E-state index is 12.7. The predicted octanol–water partition coefficient (Wildman–Crippen LogP) is 3.33. The van der Waals surface area contributed by atoms with Crippen molar-refractivity contribution in [3.05, 3.63) is 59.7 Å². The second-order valence-corrected chi connectivity index (χ2v) is 6.88. The first kappa shape index (κ1) is 19.7. The van der Waals surface area contributed by atoms with Gasteiger partial charge in [0.05, 0.1) is 18.6 Å². The molecule has 1 amide bonds. The minimum absolute atomic E-state index is 0.0117. The third-order valence-electron chi connectivity index (χ3n) is 4.93. The molecule has 3 rings (SSSR count). The molecule has 2 unspecified atom stereocenters. The summed E-state index contributed by atoms with van der Waals surface area (Å²) in [6.45, 7) is 4.74. The number of nitrogens with one attached hydrogen (secondary N) is 1. The SMILES string of the molecule is CCN1C(=O)c2ccccc2NC1COc1ccc(CC(C)C(=O)OC)cc1. The van der Waals surface area contributed by atoms with Gasteiger partial charge in [-0.15, -0.1) is 0 Å². The normalized spacial score (nSPS) is 16.8. The van der Waals surface area contributed by atoms with Crippen LogP contribution in [0.25, 0.3) is 0 Å². The summed E-state index contributed by atoms with van der Waals surface area (Å²) in [7, 11) is 1.40. The fourth-order valence-electron chi connectivity index (χ4n) is 3.38. The first-order chi connectivity index (χ1) is 13.5. The Balaban J connectivity index is 1.62. The summed E-state index contributed by atoms with van der Waals surface area (Å²) in [6, 6.07) is 15.2. The highest BCUT2D eigenvalue weighted by atomic mass is 16.5. The van der Waals surface area contributed by atoms with Crippen molar-refractivity contribution in [1.29, 1.82) is 0 Å². The van der Waals surface area contributed by atoms with Gasteiger partial charge in [-0.3, -0.25) is 9.59 Å². The van der Waals surface area contributed by atoms with Crippen LogP contribution in [0.2, 0.25) is 0 Å². The Labute approximate surface area is 165 Å². The van der Waals surface area contributed by atoms with Crippen molar-refractivity contribution in [2.75, 3.05) is 25.6 Å².